The predicted molar refractivity (Wildman–Crippen MR) is 79.3 cm³/mol. The summed E-state index contributed by atoms with van der Waals surface area (Å²) in [6, 6.07) is 10.1. The lowest BCUT2D eigenvalue weighted by molar-refractivity contribution is 0.0752. The van der Waals surface area contributed by atoms with Gasteiger partial charge in [-0.3, -0.25) is 4.79 Å². The van der Waals surface area contributed by atoms with E-state index in [1.54, 1.807) is 0 Å². The third-order valence-corrected chi connectivity index (χ3v) is 4.68. The van der Waals surface area contributed by atoms with Crippen molar-refractivity contribution in [1.29, 1.82) is 0 Å². The Balaban J connectivity index is 2.17. The third kappa shape index (κ3) is 3.06. The molecule has 1 aliphatic rings. The smallest absolute Gasteiger partial charge is 0.166 e. The van der Waals surface area contributed by atoms with Gasteiger partial charge in [0.15, 0.2) is 5.78 Å². The van der Waals surface area contributed by atoms with E-state index in [1.165, 1.54) is 12.8 Å². The average Bonchev–Trinajstić information content (AvgIpc) is 2.46. The minimum atomic E-state index is 0.0927. The number of benzene rings is 1. The number of carbonyl (C=O) groups excluding carboxylic acids is 1. The van der Waals surface area contributed by atoms with Crippen molar-refractivity contribution >= 4 is 5.78 Å². The second-order valence-corrected chi connectivity index (χ2v) is 5.80. The topological polar surface area (TPSA) is 29.1 Å². The van der Waals surface area contributed by atoms with E-state index in [1.807, 2.05) is 30.3 Å². The molecule has 4 atom stereocenters. The molecule has 1 heterocycles. The number of Topliss-reactive ketones (excluding diaryl/α,β-unsaturated/α-hetero) is 1. The third-order valence-electron chi connectivity index (χ3n) is 4.68. The molecule has 0 radical (unpaired) electrons. The zero-order valence-corrected chi connectivity index (χ0v) is 12.2. The maximum absolute atomic E-state index is 12.6. The first-order valence-corrected chi connectivity index (χ1v) is 7.47. The van der Waals surface area contributed by atoms with Gasteiger partial charge < -0.3 is 5.32 Å². The van der Waals surface area contributed by atoms with Crippen molar-refractivity contribution in [3.05, 3.63) is 35.9 Å². The molecule has 0 bridgehead atoms. The first-order chi connectivity index (χ1) is 9.15. The van der Waals surface area contributed by atoms with Crippen LogP contribution in [0.5, 0.6) is 0 Å². The Morgan fingerprint density at radius 1 is 1.37 bits per heavy atom. The van der Waals surface area contributed by atoms with Crippen molar-refractivity contribution in [3.63, 3.8) is 0 Å². The van der Waals surface area contributed by atoms with E-state index in [2.05, 4.69) is 26.1 Å². The average molecular weight is 259 g/mol. The number of hydrogen-bond acceptors (Lipinski definition) is 2. The molecule has 2 nitrogen and oxygen atoms in total. The SMILES string of the molecule is CCC1CCNC(C)C1C(C)C(=O)c1ccccc1. The van der Waals surface area contributed by atoms with Gasteiger partial charge in [0.1, 0.15) is 0 Å². The summed E-state index contributed by atoms with van der Waals surface area (Å²) in [5.74, 6) is 1.50. The Bertz CT molecular complexity index is 415. The summed E-state index contributed by atoms with van der Waals surface area (Å²) in [6.07, 6.45) is 2.36. The molecule has 1 aromatic rings. The number of piperidine rings is 1. The van der Waals surface area contributed by atoms with Gasteiger partial charge in [-0.15, -0.1) is 0 Å². The molecular formula is C17H25NO. The number of carbonyl (C=O) groups is 1. The molecule has 4 unspecified atom stereocenters. The normalized spacial score (nSPS) is 28.9. The highest BCUT2D eigenvalue weighted by Gasteiger charge is 2.36. The van der Waals surface area contributed by atoms with Crippen LogP contribution in [0.15, 0.2) is 30.3 Å². The van der Waals surface area contributed by atoms with E-state index >= 15 is 0 Å². The Morgan fingerprint density at radius 2 is 2.05 bits per heavy atom. The summed E-state index contributed by atoms with van der Waals surface area (Å²) in [5, 5.41) is 3.53. The van der Waals surface area contributed by atoms with Crippen molar-refractivity contribution in [2.75, 3.05) is 6.54 Å². The zero-order chi connectivity index (χ0) is 13.8. The van der Waals surface area contributed by atoms with Gasteiger partial charge in [0.05, 0.1) is 0 Å². The summed E-state index contributed by atoms with van der Waals surface area (Å²) < 4.78 is 0. The van der Waals surface area contributed by atoms with Crippen LogP contribution in [0, 0.1) is 17.8 Å². The van der Waals surface area contributed by atoms with E-state index in [-0.39, 0.29) is 5.92 Å². The van der Waals surface area contributed by atoms with Gasteiger partial charge in [0, 0.05) is 17.5 Å². The Kier molecular flexibility index (Phi) is 4.76. The minimum Gasteiger partial charge on any atom is -0.314 e. The van der Waals surface area contributed by atoms with Gasteiger partial charge in [-0.05, 0) is 31.7 Å². The standard InChI is InChI=1S/C17H25NO/c1-4-14-10-11-18-13(3)16(14)12(2)17(19)15-8-6-5-7-9-15/h5-9,12-14,16,18H,4,10-11H2,1-3H3. The van der Waals surface area contributed by atoms with Crippen LogP contribution >= 0.6 is 0 Å². The quantitative estimate of drug-likeness (QED) is 0.838. The second kappa shape index (κ2) is 6.33. The maximum atomic E-state index is 12.6. The van der Waals surface area contributed by atoms with Gasteiger partial charge >= 0.3 is 0 Å². The highest BCUT2D eigenvalue weighted by atomic mass is 16.1. The van der Waals surface area contributed by atoms with Crippen molar-refractivity contribution in [2.24, 2.45) is 17.8 Å². The number of ketones is 1. The highest BCUT2D eigenvalue weighted by molar-refractivity contribution is 5.97. The first-order valence-electron chi connectivity index (χ1n) is 7.47. The summed E-state index contributed by atoms with van der Waals surface area (Å²) in [7, 11) is 0. The van der Waals surface area contributed by atoms with E-state index in [0.717, 1.165) is 12.1 Å². The molecule has 1 fully saturated rings. The molecule has 0 aliphatic carbocycles. The van der Waals surface area contributed by atoms with Crippen LogP contribution in [0.2, 0.25) is 0 Å². The fraction of sp³-hybridized carbons (Fsp3) is 0.588. The fourth-order valence-electron chi connectivity index (χ4n) is 3.59. The molecule has 1 saturated heterocycles. The highest BCUT2D eigenvalue weighted by Crippen LogP contribution is 2.34. The van der Waals surface area contributed by atoms with Crippen LogP contribution in [0.25, 0.3) is 0 Å². The van der Waals surface area contributed by atoms with E-state index in [0.29, 0.717) is 23.7 Å². The Hall–Kier alpha value is -1.15. The van der Waals surface area contributed by atoms with Gasteiger partial charge in [0.2, 0.25) is 0 Å². The van der Waals surface area contributed by atoms with Crippen LogP contribution in [-0.2, 0) is 0 Å². The Labute approximate surface area is 116 Å². The molecule has 0 amide bonds. The largest absolute Gasteiger partial charge is 0.314 e. The molecule has 0 aromatic heterocycles. The summed E-state index contributed by atoms with van der Waals surface area (Å²) in [6.45, 7) is 7.66. The van der Waals surface area contributed by atoms with Crippen LogP contribution in [0.1, 0.15) is 44.0 Å². The number of hydrogen-bond donors (Lipinski definition) is 1. The predicted octanol–water partition coefficient (Wildman–Crippen LogP) is 3.53. The summed E-state index contributed by atoms with van der Waals surface area (Å²) in [4.78, 5) is 12.6. The van der Waals surface area contributed by atoms with Crippen LogP contribution in [-0.4, -0.2) is 18.4 Å². The van der Waals surface area contributed by atoms with Crippen molar-refractivity contribution in [3.8, 4) is 0 Å². The molecule has 0 spiro atoms. The van der Waals surface area contributed by atoms with Crippen molar-refractivity contribution in [1.82, 2.24) is 5.32 Å². The van der Waals surface area contributed by atoms with Gasteiger partial charge in [-0.2, -0.15) is 0 Å². The number of nitrogens with one attached hydrogen (secondary N) is 1. The number of rotatable bonds is 4. The monoisotopic (exact) mass is 259 g/mol. The second-order valence-electron chi connectivity index (χ2n) is 5.80. The molecule has 1 aromatic carbocycles. The first kappa shape index (κ1) is 14.3. The van der Waals surface area contributed by atoms with E-state index < -0.39 is 0 Å². The molecule has 104 valence electrons. The molecule has 2 rings (SSSR count). The molecule has 0 saturated carbocycles. The molecule has 1 aliphatic heterocycles. The molecule has 19 heavy (non-hydrogen) atoms. The summed E-state index contributed by atoms with van der Waals surface area (Å²) >= 11 is 0. The van der Waals surface area contributed by atoms with Crippen LogP contribution < -0.4 is 5.32 Å². The maximum Gasteiger partial charge on any atom is 0.166 e. The molecular weight excluding hydrogens is 234 g/mol. The van der Waals surface area contributed by atoms with Crippen molar-refractivity contribution < 1.29 is 4.79 Å². The fourth-order valence-corrected chi connectivity index (χ4v) is 3.59. The molecule has 1 N–H and O–H groups in total. The van der Waals surface area contributed by atoms with Crippen LogP contribution in [0.3, 0.4) is 0 Å². The molecule has 2 heteroatoms. The Morgan fingerprint density at radius 3 is 2.68 bits per heavy atom. The zero-order valence-electron chi connectivity index (χ0n) is 12.2. The van der Waals surface area contributed by atoms with E-state index in [9.17, 15) is 4.79 Å². The van der Waals surface area contributed by atoms with Gasteiger partial charge in [0.25, 0.3) is 0 Å². The van der Waals surface area contributed by atoms with Gasteiger partial charge in [-0.1, -0.05) is 50.6 Å². The van der Waals surface area contributed by atoms with E-state index in [4.69, 9.17) is 0 Å². The van der Waals surface area contributed by atoms with Gasteiger partial charge in [-0.25, -0.2) is 0 Å². The van der Waals surface area contributed by atoms with Crippen molar-refractivity contribution in [2.45, 2.75) is 39.7 Å². The lowest BCUT2D eigenvalue weighted by Crippen LogP contribution is -2.48. The lowest BCUT2D eigenvalue weighted by atomic mass is 9.71. The summed E-state index contributed by atoms with van der Waals surface area (Å²) in [5.41, 5.74) is 0.850. The minimum absolute atomic E-state index is 0.0927. The lowest BCUT2D eigenvalue weighted by Gasteiger charge is -2.40. The van der Waals surface area contributed by atoms with Crippen LogP contribution in [0.4, 0.5) is 0 Å².